The van der Waals surface area contributed by atoms with E-state index >= 15 is 0 Å². The van der Waals surface area contributed by atoms with E-state index in [1.807, 2.05) is 44.2 Å². The number of hydrogen-bond donors (Lipinski definition) is 2. The molecule has 8 nitrogen and oxygen atoms in total. The lowest BCUT2D eigenvalue weighted by molar-refractivity contribution is -0.150. The number of benzene rings is 2. The van der Waals surface area contributed by atoms with Crippen molar-refractivity contribution < 1.29 is 24.0 Å². The Labute approximate surface area is 212 Å². The molecule has 1 amide bonds. The molecule has 4 rings (SSSR count). The van der Waals surface area contributed by atoms with E-state index in [4.69, 9.17) is 9.57 Å². The third-order valence-electron chi connectivity index (χ3n) is 5.54. The van der Waals surface area contributed by atoms with Gasteiger partial charge in [0.15, 0.2) is 6.04 Å². The molecule has 0 aliphatic heterocycles. The molecule has 184 valence electrons. The number of aryl methyl sites for hydroxylation is 2. The minimum Gasteiger partial charge on any atom is -0.460 e. The van der Waals surface area contributed by atoms with Gasteiger partial charge in [0.2, 0.25) is 0 Å². The normalized spacial score (nSPS) is 11.6. The summed E-state index contributed by atoms with van der Waals surface area (Å²) in [4.78, 5) is 48.0. The Morgan fingerprint density at radius 3 is 2.42 bits per heavy atom. The maximum atomic E-state index is 12.9. The number of carbonyl (C=O) groups is 3. The van der Waals surface area contributed by atoms with Crippen LogP contribution in [0.4, 0.5) is 0 Å². The number of carbonyl (C=O) groups excluding carboxylic acids is 3. The summed E-state index contributed by atoms with van der Waals surface area (Å²) >= 11 is 1.33. The Morgan fingerprint density at radius 2 is 1.69 bits per heavy atom. The number of pyridine rings is 1. The van der Waals surface area contributed by atoms with Crippen molar-refractivity contribution in [3.8, 4) is 0 Å². The van der Waals surface area contributed by atoms with Gasteiger partial charge in [0, 0.05) is 12.7 Å². The Hall–Kier alpha value is -4.08. The molecule has 0 aliphatic rings. The summed E-state index contributed by atoms with van der Waals surface area (Å²) in [5.41, 5.74) is 6.43. The first-order valence-electron chi connectivity index (χ1n) is 11.3. The minimum absolute atomic E-state index is 0.0407. The number of nitrogens with one attached hydrogen (secondary N) is 2. The first-order valence-corrected chi connectivity index (χ1v) is 12.1. The second kappa shape index (κ2) is 11.6. The maximum absolute atomic E-state index is 12.9. The Kier molecular flexibility index (Phi) is 8.04. The van der Waals surface area contributed by atoms with E-state index in [9.17, 15) is 14.4 Å². The van der Waals surface area contributed by atoms with Gasteiger partial charge < -0.3 is 14.9 Å². The predicted octanol–water partition coefficient (Wildman–Crippen LogP) is 4.12. The minimum atomic E-state index is -1.12. The number of hydrogen-bond acceptors (Lipinski definition) is 8. The number of hydroxylamine groups is 1. The fourth-order valence-corrected chi connectivity index (χ4v) is 4.43. The van der Waals surface area contributed by atoms with Gasteiger partial charge >= 0.3 is 11.9 Å². The fourth-order valence-electron chi connectivity index (χ4n) is 3.34. The van der Waals surface area contributed by atoms with Gasteiger partial charge in [0.25, 0.3) is 5.91 Å². The smallest absolute Gasteiger partial charge is 0.356 e. The zero-order valence-corrected chi connectivity index (χ0v) is 20.6. The van der Waals surface area contributed by atoms with Crippen LogP contribution in [0.2, 0.25) is 0 Å². The van der Waals surface area contributed by atoms with Crippen LogP contribution in [0.3, 0.4) is 0 Å². The highest BCUT2D eigenvalue weighted by Crippen LogP contribution is 2.28. The largest absolute Gasteiger partial charge is 0.460 e. The lowest BCUT2D eigenvalue weighted by atomic mass is 10.2. The van der Waals surface area contributed by atoms with Crippen LogP contribution in [0.5, 0.6) is 0 Å². The summed E-state index contributed by atoms with van der Waals surface area (Å²) in [5.74, 6) is -1.71. The zero-order chi connectivity index (χ0) is 25.5. The molecule has 2 heterocycles. The summed E-state index contributed by atoms with van der Waals surface area (Å²) in [6, 6.07) is 18.1. The molecular weight excluding hydrogens is 478 g/mol. The lowest BCUT2D eigenvalue weighted by Gasteiger charge is -2.17. The van der Waals surface area contributed by atoms with Crippen molar-refractivity contribution in [3.05, 3.63) is 100 Å². The van der Waals surface area contributed by atoms with Crippen LogP contribution in [-0.4, -0.2) is 35.4 Å². The number of ether oxygens (including phenoxy) is 1. The van der Waals surface area contributed by atoms with Gasteiger partial charge in [0.05, 0.1) is 20.7 Å². The number of nitrogens with zero attached hydrogens (tertiary/aromatic N) is 1. The van der Waals surface area contributed by atoms with Gasteiger partial charge in [-0.15, -0.1) is 16.8 Å². The third kappa shape index (κ3) is 6.12. The number of aromatic nitrogens is 1. The van der Waals surface area contributed by atoms with Crippen molar-refractivity contribution in [2.75, 3.05) is 6.54 Å². The standard InChI is InChI=1S/C27H25N3O5S/c1-17-14-28-21-13-23(36-24(21)18(17)2)25(31)29-15-22(27(33)34-16-19-9-5-3-6-10-19)30-35-26(32)20-11-7-4-8-12-20/h3-14,22,30H,15-16H2,1-2H3,(H,29,31)/t22-/m1/s1. The molecule has 1 atom stereocenters. The first-order chi connectivity index (χ1) is 17.4. The highest BCUT2D eigenvalue weighted by atomic mass is 32.1. The zero-order valence-electron chi connectivity index (χ0n) is 19.8. The molecule has 2 aromatic carbocycles. The van der Waals surface area contributed by atoms with Crippen molar-refractivity contribution in [2.24, 2.45) is 0 Å². The van der Waals surface area contributed by atoms with E-state index in [0.29, 0.717) is 10.4 Å². The molecule has 0 aliphatic carbocycles. The van der Waals surface area contributed by atoms with Gasteiger partial charge in [-0.3, -0.25) is 14.6 Å². The van der Waals surface area contributed by atoms with Crippen LogP contribution in [-0.2, 0) is 21.0 Å². The predicted molar refractivity (Wildman–Crippen MR) is 136 cm³/mol. The summed E-state index contributed by atoms with van der Waals surface area (Å²) < 4.78 is 6.33. The number of amides is 1. The quantitative estimate of drug-likeness (QED) is 0.261. The van der Waals surface area contributed by atoms with Gasteiger partial charge in [-0.25, -0.2) is 4.79 Å². The molecule has 0 saturated heterocycles. The molecule has 0 fully saturated rings. The second-order valence-corrected chi connectivity index (χ2v) is 9.17. The molecule has 0 saturated carbocycles. The molecule has 0 bridgehead atoms. The molecule has 0 unspecified atom stereocenters. The average Bonchev–Trinajstić information content (AvgIpc) is 3.35. The van der Waals surface area contributed by atoms with E-state index in [1.165, 1.54) is 11.3 Å². The Balaban J connectivity index is 1.43. The summed E-state index contributed by atoms with van der Waals surface area (Å²) in [5, 5.41) is 2.73. The van der Waals surface area contributed by atoms with Gasteiger partial charge in [-0.05, 0) is 48.7 Å². The van der Waals surface area contributed by atoms with Gasteiger partial charge in [-0.1, -0.05) is 48.5 Å². The maximum Gasteiger partial charge on any atom is 0.356 e. The second-order valence-electron chi connectivity index (χ2n) is 8.12. The third-order valence-corrected chi connectivity index (χ3v) is 6.79. The monoisotopic (exact) mass is 503 g/mol. The van der Waals surface area contributed by atoms with Crippen molar-refractivity contribution in [1.29, 1.82) is 0 Å². The molecule has 2 N–H and O–H groups in total. The molecule has 0 spiro atoms. The van der Waals surface area contributed by atoms with Crippen LogP contribution < -0.4 is 10.8 Å². The molecule has 0 radical (unpaired) electrons. The number of rotatable bonds is 9. The SMILES string of the molecule is Cc1cnc2cc(C(=O)NC[C@@H](NOC(=O)c3ccccc3)C(=O)OCc3ccccc3)sc2c1C. The number of esters is 1. The van der Waals surface area contributed by atoms with E-state index in [2.05, 4.69) is 15.8 Å². The van der Waals surface area contributed by atoms with Crippen LogP contribution in [0.25, 0.3) is 10.2 Å². The van der Waals surface area contributed by atoms with Crippen LogP contribution in [0.15, 0.2) is 72.9 Å². The summed E-state index contributed by atoms with van der Waals surface area (Å²) in [7, 11) is 0. The molecule has 2 aromatic heterocycles. The molecule has 4 aromatic rings. The average molecular weight is 504 g/mol. The highest BCUT2D eigenvalue weighted by Gasteiger charge is 2.24. The first kappa shape index (κ1) is 25.0. The van der Waals surface area contributed by atoms with E-state index in [-0.39, 0.29) is 19.1 Å². The highest BCUT2D eigenvalue weighted by molar-refractivity contribution is 7.21. The molecule has 36 heavy (non-hydrogen) atoms. The Morgan fingerprint density at radius 1 is 1.00 bits per heavy atom. The Bertz CT molecular complexity index is 1370. The number of thiophene rings is 1. The van der Waals surface area contributed by atoms with Crippen molar-refractivity contribution in [1.82, 2.24) is 15.8 Å². The van der Waals surface area contributed by atoms with Gasteiger partial charge in [-0.2, -0.15) is 0 Å². The topological polar surface area (TPSA) is 107 Å². The van der Waals surface area contributed by atoms with Crippen molar-refractivity contribution >= 4 is 39.4 Å². The molecular formula is C27H25N3O5S. The van der Waals surface area contributed by atoms with E-state index in [1.54, 1.807) is 42.6 Å². The fraction of sp³-hybridized carbons (Fsp3) is 0.185. The van der Waals surface area contributed by atoms with Gasteiger partial charge in [0.1, 0.15) is 6.61 Å². The summed E-state index contributed by atoms with van der Waals surface area (Å²) in [6.07, 6.45) is 1.77. The lowest BCUT2D eigenvalue weighted by Crippen LogP contribution is -2.47. The van der Waals surface area contributed by atoms with E-state index in [0.717, 1.165) is 26.9 Å². The number of fused-ring (bicyclic) bond motifs is 1. The van der Waals surface area contributed by atoms with Crippen LogP contribution in [0.1, 0.15) is 36.7 Å². The van der Waals surface area contributed by atoms with E-state index < -0.39 is 18.0 Å². The van der Waals surface area contributed by atoms with Crippen LogP contribution in [0, 0.1) is 13.8 Å². The van der Waals surface area contributed by atoms with Crippen LogP contribution >= 0.6 is 11.3 Å². The summed E-state index contributed by atoms with van der Waals surface area (Å²) in [6.45, 7) is 3.84. The van der Waals surface area contributed by atoms with Crippen molar-refractivity contribution in [3.63, 3.8) is 0 Å². The molecule has 9 heteroatoms. The van der Waals surface area contributed by atoms with Crippen molar-refractivity contribution in [2.45, 2.75) is 26.5 Å².